The molecule has 1 aromatic carbocycles. The average molecular weight is 337 g/mol. The minimum Gasteiger partial charge on any atom is -0.411 e. The van der Waals surface area contributed by atoms with Crippen LogP contribution >= 0.6 is 11.8 Å². The van der Waals surface area contributed by atoms with Crippen molar-refractivity contribution in [2.75, 3.05) is 0 Å². The summed E-state index contributed by atoms with van der Waals surface area (Å²) in [6.45, 7) is 0. The largest absolute Gasteiger partial charge is 0.411 e. The number of hydrogen-bond acceptors (Lipinski definition) is 8. The minimum atomic E-state index is 0.452. The molecule has 4 rings (SSSR count). The molecule has 118 valence electrons. The fourth-order valence-electron chi connectivity index (χ4n) is 2.02. The predicted octanol–water partition coefficient (Wildman–Crippen LogP) is 3.47. The lowest BCUT2D eigenvalue weighted by molar-refractivity contribution is 0.425. The van der Waals surface area contributed by atoms with Gasteiger partial charge in [-0.3, -0.25) is 4.98 Å². The summed E-state index contributed by atoms with van der Waals surface area (Å²) in [7, 11) is 0. The Balaban J connectivity index is 1.43. The Morgan fingerprint density at radius 2 is 1.67 bits per heavy atom. The molecule has 7 nitrogen and oxygen atoms in total. The van der Waals surface area contributed by atoms with Crippen LogP contribution in [-0.2, 0) is 5.75 Å². The van der Waals surface area contributed by atoms with Crippen molar-refractivity contribution in [2.24, 2.45) is 0 Å². The van der Waals surface area contributed by atoms with Crippen LogP contribution in [0.3, 0.4) is 0 Å². The van der Waals surface area contributed by atoms with Gasteiger partial charge >= 0.3 is 0 Å². The second-order valence-electron chi connectivity index (χ2n) is 4.78. The number of thioether (sulfide) groups is 1. The van der Waals surface area contributed by atoms with Gasteiger partial charge in [0, 0.05) is 23.5 Å². The second kappa shape index (κ2) is 6.63. The summed E-state index contributed by atoms with van der Waals surface area (Å²) in [5.74, 6) is 2.00. The van der Waals surface area contributed by atoms with Gasteiger partial charge in [-0.25, -0.2) is 0 Å². The quantitative estimate of drug-likeness (QED) is 0.511. The van der Waals surface area contributed by atoms with E-state index in [2.05, 4.69) is 25.3 Å². The molecule has 0 atom stereocenters. The van der Waals surface area contributed by atoms with Crippen molar-refractivity contribution in [3.05, 3.63) is 60.7 Å². The standard InChI is InChI=1S/C16H11N5O2S/c1-2-4-11(5-3-1)14-18-13(21-23-14)10-24-16-20-19-15(22-16)12-6-8-17-9-7-12/h1-9H,10H2. The number of rotatable bonds is 5. The van der Waals surface area contributed by atoms with Crippen LogP contribution in [0.2, 0.25) is 0 Å². The molecular weight excluding hydrogens is 326 g/mol. The van der Waals surface area contributed by atoms with Crippen molar-refractivity contribution < 1.29 is 8.94 Å². The fraction of sp³-hybridized carbons (Fsp3) is 0.0625. The van der Waals surface area contributed by atoms with E-state index in [0.29, 0.717) is 28.6 Å². The molecule has 0 amide bonds. The van der Waals surface area contributed by atoms with E-state index in [-0.39, 0.29) is 0 Å². The maximum Gasteiger partial charge on any atom is 0.277 e. The number of benzene rings is 1. The monoisotopic (exact) mass is 337 g/mol. The van der Waals surface area contributed by atoms with Crippen LogP contribution in [0.5, 0.6) is 0 Å². The van der Waals surface area contributed by atoms with Crippen LogP contribution in [0.15, 0.2) is 69.0 Å². The molecule has 0 fully saturated rings. The van der Waals surface area contributed by atoms with Crippen LogP contribution < -0.4 is 0 Å². The summed E-state index contributed by atoms with van der Waals surface area (Å²) in [5, 5.41) is 12.5. The normalized spacial score (nSPS) is 10.8. The van der Waals surface area contributed by atoms with E-state index in [1.807, 2.05) is 42.5 Å². The third-order valence-electron chi connectivity index (χ3n) is 3.15. The Morgan fingerprint density at radius 1 is 0.875 bits per heavy atom. The molecule has 24 heavy (non-hydrogen) atoms. The molecule has 3 aromatic heterocycles. The summed E-state index contributed by atoms with van der Waals surface area (Å²) in [6, 6.07) is 13.3. The number of nitrogens with zero attached hydrogens (tertiary/aromatic N) is 5. The van der Waals surface area contributed by atoms with Gasteiger partial charge in [0.2, 0.25) is 5.89 Å². The molecule has 0 aliphatic rings. The Morgan fingerprint density at radius 3 is 2.50 bits per heavy atom. The van der Waals surface area contributed by atoms with Gasteiger partial charge in [-0.2, -0.15) is 4.98 Å². The molecule has 0 unspecified atom stereocenters. The van der Waals surface area contributed by atoms with Gasteiger partial charge < -0.3 is 8.94 Å². The first-order valence-electron chi connectivity index (χ1n) is 7.13. The highest BCUT2D eigenvalue weighted by molar-refractivity contribution is 7.98. The Kier molecular flexibility index (Phi) is 4.03. The van der Waals surface area contributed by atoms with Crippen LogP contribution in [-0.4, -0.2) is 25.3 Å². The maximum absolute atomic E-state index is 5.61. The van der Waals surface area contributed by atoms with Gasteiger partial charge in [0.15, 0.2) is 5.82 Å². The Hall–Kier alpha value is -3.00. The van der Waals surface area contributed by atoms with Gasteiger partial charge in [-0.05, 0) is 24.3 Å². The highest BCUT2D eigenvalue weighted by atomic mass is 32.2. The zero-order valence-corrected chi connectivity index (χ0v) is 13.2. The predicted molar refractivity (Wildman–Crippen MR) is 86.8 cm³/mol. The molecule has 0 aliphatic carbocycles. The van der Waals surface area contributed by atoms with Crippen molar-refractivity contribution >= 4 is 11.8 Å². The van der Waals surface area contributed by atoms with Gasteiger partial charge in [0.1, 0.15) is 0 Å². The third-order valence-corrected chi connectivity index (χ3v) is 3.96. The highest BCUT2D eigenvalue weighted by Gasteiger charge is 2.12. The lowest BCUT2D eigenvalue weighted by Crippen LogP contribution is -1.84. The third kappa shape index (κ3) is 3.18. The highest BCUT2D eigenvalue weighted by Crippen LogP contribution is 2.25. The molecule has 0 saturated carbocycles. The number of hydrogen-bond donors (Lipinski definition) is 0. The molecule has 0 radical (unpaired) electrons. The van der Waals surface area contributed by atoms with Gasteiger partial charge in [-0.15, -0.1) is 10.2 Å². The van der Waals surface area contributed by atoms with Crippen molar-refractivity contribution in [3.8, 4) is 22.9 Å². The zero-order valence-electron chi connectivity index (χ0n) is 12.4. The van der Waals surface area contributed by atoms with Gasteiger partial charge in [0.25, 0.3) is 11.1 Å². The van der Waals surface area contributed by atoms with Crippen molar-refractivity contribution in [3.63, 3.8) is 0 Å². The van der Waals surface area contributed by atoms with Crippen LogP contribution in [0.4, 0.5) is 0 Å². The maximum atomic E-state index is 5.61. The smallest absolute Gasteiger partial charge is 0.277 e. The van der Waals surface area contributed by atoms with Crippen molar-refractivity contribution in [1.82, 2.24) is 25.3 Å². The first-order valence-corrected chi connectivity index (χ1v) is 8.12. The average Bonchev–Trinajstić information content (AvgIpc) is 3.31. The van der Waals surface area contributed by atoms with Crippen molar-refractivity contribution in [2.45, 2.75) is 11.0 Å². The van der Waals surface area contributed by atoms with Crippen LogP contribution in [0.1, 0.15) is 5.82 Å². The topological polar surface area (TPSA) is 90.7 Å². The van der Waals surface area contributed by atoms with E-state index < -0.39 is 0 Å². The Labute approximate surface area is 141 Å². The Bertz CT molecular complexity index is 846. The van der Waals surface area contributed by atoms with Gasteiger partial charge in [0.05, 0.1) is 5.75 Å². The van der Waals surface area contributed by atoms with Crippen LogP contribution in [0, 0.1) is 0 Å². The molecule has 0 aliphatic heterocycles. The molecule has 0 N–H and O–H groups in total. The minimum absolute atomic E-state index is 0.452. The molecule has 4 aromatic rings. The van der Waals surface area contributed by atoms with Gasteiger partial charge in [-0.1, -0.05) is 35.1 Å². The lowest BCUT2D eigenvalue weighted by atomic mass is 10.2. The van der Waals surface area contributed by atoms with E-state index in [1.165, 1.54) is 11.8 Å². The first-order chi connectivity index (χ1) is 11.9. The summed E-state index contributed by atoms with van der Waals surface area (Å²) < 4.78 is 10.9. The molecule has 0 saturated heterocycles. The summed E-state index contributed by atoms with van der Waals surface area (Å²) >= 11 is 1.36. The van der Waals surface area contributed by atoms with E-state index in [4.69, 9.17) is 8.94 Å². The van der Waals surface area contributed by atoms with E-state index in [1.54, 1.807) is 12.4 Å². The van der Waals surface area contributed by atoms with Crippen LogP contribution in [0.25, 0.3) is 22.9 Å². The molecule has 0 bridgehead atoms. The zero-order chi connectivity index (χ0) is 16.2. The van der Waals surface area contributed by atoms with E-state index in [9.17, 15) is 0 Å². The van der Waals surface area contributed by atoms with E-state index in [0.717, 1.165) is 11.1 Å². The molecular formula is C16H11N5O2S. The second-order valence-corrected chi connectivity index (χ2v) is 5.71. The molecule has 0 spiro atoms. The molecule has 8 heteroatoms. The number of pyridine rings is 1. The number of aromatic nitrogens is 5. The first kappa shape index (κ1) is 14.6. The lowest BCUT2D eigenvalue weighted by Gasteiger charge is -1.92. The SMILES string of the molecule is c1ccc(-c2nc(CSc3nnc(-c4ccncc4)o3)no2)cc1. The molecule has 3 heterocycles. The van der Waals surface area contributed by atoms with Crippen molar-refractivity contribution in [1.29, 1.82) is 0 Å². The van der Waals surface area contributed by atoms with E-state index >= 15 is 0 Å². The summed E-state index contributed by atoms with van der Waals surface area (Å²) in [5.41, 5.74) is 1.72. The summed E-state index contributed by atoms with van der Waals surface area (Å²) in [6.07, 6.45) is 3.35. The fourth-order valence-corrected chi connectivity index (χ4v) is 2.62. The summed E-state index contributed by atoms with van der Waals surface area (Å²) in [4.78, 5) is 8.32.